The van der Waals surface area contributed by atoms with Crippen LogP contribution in [0.15, 0.2) is 36.4 Å². The second-order valence-electron chi connectivity index (χ2n) is 3.59. The normalized spacial score (nSPS) is 12.1. The molecule has 0 aromatic heterocycles. The van der Waals surface area contributed by atoms with Gasteiger partial charge in [-0.3, -0.25) is 4.79 Å². The van der Waals surface area contributed by atoms with E-state index in [1.807, 2.05) is 0 Å². The number of allylic oxidation sites excluding steroid dienone is 1. The van der Waals surface area contributed by atoms with E-state index in [1.165, 1.54) is 0 Å². The first kappa shape index (κ1) is 11.3. The van der Waals surface area contributed by atoms with Crippen molar-refractivity contribution in [3.63, 3.8) is 0 Å². The van der Waals surface area contributed by atoms with Gasteiger partial charge in [-0.25, -0.2) is 0 Å². The molecule has 3 heteroatoms. The zero-order valence-corrected chi connectivity index (χ0v) is 8.60. The third-order valence-corrected chi connectivity index (χ3v) is 2.25. The number of aliphatic carboxylic acids is 1. The lowest BCUT2D eigenvalue weighted by atomic mass is 9.90. The highest BCUT2D eigenvalue weighted by Gasteiger charge is 2.16. The van der Waals surface area contributed by atoms with Gasteiger partial charge in [0.2, 0.25) is 0 Å². The van der Waals surface area contributed by atoms with Crippen LogP contribution < -0.4 is 0 Å². The molecule has 1 rings (SSSR count). The molecule has 15 heavy (non-hydrogen) atoms. The van der Waals surface area contributed by atoms with Crippen LogP contribution in [0, 0.1) is 0 Å². The van der Waals surface area contributed by atoms with Gasteiger partial charge in [0.05, 0.1) is 6.42 Å². The number of hydrogen-bond donors (Lipinski definition) is 2. The van der Waals surface area contributed by atoms with Crippen LogP contribution in [0.4, 0.5) is 0 Å². The van der Waals surface area contributed by atoms with E-state index in [0.717, 1.165) is 11.1 Å². The van der Waals surface area contributed by atoms with Gasteiger partial charge < -0.3 is 10.2 Å². The molecule has 0 saturated carbocycles. The molecule has 1 aromatic rings. The Morgan fingerprint density at radius 3 is 2.67 bits per heavy atom. The summed E-state index contributed by atoms with van der Waals surface area (Å²) in [7, 11) is 0. The van der Waals surface area contributed by atoms with Gasteiger partial charge in [0.15, 0.2) is 0 Å². The molecular weight excluding hydrogens is 192 g/mol. The molecule has 0 fully saturated rings. The molecule has 3 nitrogen and oxygen atoms in total. The number of carboxylic acid groups (broad SMARTS) is 1. The number of benzene rings is 1. The highest BCUT2D eigenvalue weighted by atomic mass is 16.4. The Bertz CT molecular complexity index is 382. The molecule has 1 unspecified atom stereocenters. The fourth-order valence-corrected chi connectivity index (χ4v) is 1.49. The van der Waals surface area contributed by atoms with Crippen LogP contribution in [-0.2, 0) is 4.79 Å². The zero-order chi connectivity index (χ0) is 11.4. The van der Waals surface area contributed by atoms with Gasteiger partial charge in [-0.1, -0.05) is 24.3 Å². The molecule has 0 saturated heterocycles. The van der Waals surface area contributed by atoms with Gasteiger partial charge in [0.25, 0.3) is 0 Å². The smallest absolute Gasteiger partial charge is 0.304 e. The van der Waals surface area contributed by atoms with Crippen LogP contribution in [0.3, 0.4) is 0 Å². The molecule has 0 heterocycles. The number of rotatable bonds is 4. The Morgan fingerprint density at radius 2 is 2.20 bits per heavy atom. The summed E-state index contributed by atoms with van der Waals surface area (Å²) in [6.07, 6.45) is -0.00120. The van der Waals surface area contributed by atoms with E-state index >= 15 is 0 Å². The summed E-state index contributed by atoms with van der Waals surface area (Å²) in [5.41, 5.74) is 1.56. The maximum absolute atomic E-state index is 10.7. The van der Waals surface area contributed by atoms with Crippen LogP contribution in [0.5, 0.6) is 5.75 Å². The topological polar surface area (TPSA) is 57.5 Å². The fourth-order valence-electron chi connectivity index (χ4n) is 1.49. The minimum atomic E-state index is -0.869. The van der Waals surface area contributed by atoms with E-state index in [0.29, 0.717) is 0 Å². The molecule has 0 aliphatic heterocycles. The summed E-state index contributed by atoms with van der Waals surface area (Å²) in [5.74, 6) is -0.968. The van der Waals surface area contributed by atoms with Crippen LogP contribution in [0.1, 0.15) is 24.8 Å². The Kier molecular flexibility index (Phi) is 3.50. The van der Waals surface area contributed by atoms with Gasteiger partial charge in [-0.15, -0.1) is 0 Å². The molecule has 0 aliphatic rings. The highest BCUT2D eigenvalue weighted by molar-refractivity contribution is 5.68. The average molecular weight is 206 g/mol. The van der Waals surface area contributed by atoms with Crippen molar-refractivity contribution < 1.29 is 15.0 Å². The van der Waals surface area contributed by atoms with Crippen LogP contribution in [-0.4, -0.2) is 16.2 Å². The molecule has 1 atom stereocenters. The lowest BCUT2D eigenvalue weighted by Gasteiger charge is -2.15. The Morgan fingerprint density at radius 1 is 1.53 bits per heavy atom. The zero-order valence-electron chi connectivity index (χ0n) is 8.60. The molecule has 2 N–H and O–H groups in total. The Labute approximate surface area is 88.7 Å². The molecular formula is C12H14O3. The summed E-state index contributed by atoms with van der Waals surface area (Å²) in [5, 5.41) is 18.1. The third kappa shape index (κ3) is 3.13. The second-order valence-corrected chi connectivity index (χ2v) is 3.59. The molecule has 80 valence electrons. The summed E-state index contributed by atoms with van der Waals surface area (Å²) < 4.78 is 0. The van der Waals surface area contributed by atoms with E-state index in [2.05, 4.69) is 6.58 Å². The standard InChI is InChI=1S/C12H14O3/c1-8(2)11(7-12(14)15)9-4-3-5-10(13)6-9/h3-6,11,13H,1,7H2,2H3,(H,14,15). The quantitative estimate of drug-likeness (QED) is 0.744. The molecule has 0 radical (unpaired) electrons. The van der Waals surface area contributed by atoms with Gasteiger partial charge in [-0.05, 0) is 24.6 Å². The average Bonchev–Trinajstić information content (AvgIpc) is 2.13. The van der Waals surface area contributed by atoms with Gasteiger partial charge >= 0.3 is 5.97 Å². The van der Waals surface area contributed by atoms with Crippen molar-refractivity contribution in [1.29, 1.82) is 0 Å². The monoisotopic (exact) mass is 206 g/mol. The van der Waals surface area contributed by atoms with E-state index in [4.69, 9.17) is 5.11 Å². The molecule has 0 bridgehead atoms. The number of phenolic OH excluding ortho intramolecular Hbond substituents is 1. The van der Waals surface area contributed by atoms with Crippen molar-refractivity contribution in [1.82, 2.24) is 0 Å². The fraction of sp³-hybridized carbons (Fsp3) is 0.250. The summed E-state index contributed by atoms with van der Waals surface area (Å²) >= 11 is 0. The van der Waals surface area contributed by atoms with Crippen molar-refractivity contribution >= 4 is 5.97 Å². The largest absolute Gasteiger partial charge is 0.508 e. The number of aromatic hydroxyl groups is 1. The lowest BCUT2D eigenvalue weighted by Crippen LogP contribution is -2.07. The van der Waals surface area contributed by atoms with Crippen molar-refractivity contribution in [2.75, 3.05) is 0 Å². The third-order valence-electron chi connectivity index (χ3n) is 2.25. The van der Waals surface area contributed by atoms with E-state index < -0.39 is 5.97 Å². The Balaban J connectivity index is 2.98. The maximum Gasteiger partial charge on any atom is 0.304 e. The van der Waals surface area contributed by atoms with E-state index in [-0.39, 0.29) is 18.1 Å². The van der Waals surface area contributed by atoms with E-state index in [9.17, 15) is 9.90 Å². The summed E-state index contributed by atoms with van der Waals surface area (Å²) in [6, 6.07) is 6.62. The predicted octanol–water partition coefficient (Wildman–Crippen LogP) is 2.53. The number of hydrogen-bond acceptors (Lipinski definition) is 2. The van der Waals surface area contributed by atoms with Crippen LogP contribution in [0.2, 0.25) is 0 Å². The van der Waals surface area contributed by atoms with Crippen molar-refractivity contribution in [2.24, 2.45) is 0 Å². The van der Waals surface area contributed by atoms with Gasteiger partial charge in [0.1, 0.15) is 5.75 Å². The first-order valence-electron chi connectivity index (χ1n) is 4.67. The molecule has 0 aliphatic carbocycles. The predicted molar refractivity (Wildman–Crippen MR) is 57.9 cm³/mol. The SMILES string of the molecule is C=C(C)C(CC(=O)O)c1cccc(O)c1. The first-order valence-corrected chi connectivity index (χ1v) is 4.67. The molecule has 0 amide bonds. The number of carbonyl (C=O) groups is 1. The lowest BCUT2D eigenvalue weighted by molar-refractivity contribution is -0.137. The molecule has 1 aromatic carbocycles. The minimum absolute atomic E-state index is 0.00120. The molecule has 0 spiro atoms. The van der Waals surface area contributed by atoms with E-state index in [1.54, 1.807) is 31.2 Å². The highest BCUT2D eigenvalue weighted by Crippen LogP contribution is 2.28. The summed E-state index contributed by atoms with van der Waals surface area (Å²) in [6.45, 7) is 5.56. The summed E-state index contributed by atoms with van der Waals surface area (Å²) in [4.78, 5) is 10.7. The number of phenols is 1. The maximum atomic E-state index is 10.7. The van der Waals surface area contributed by atoms with Gasteiger partial charge in [-0.2, -0.15) is 0 Å². The minimum Gasteiger partial charge on any atom is -0.508 e. The van der Waals surface area contributed by atoms with Crippen LogP contribution >= 0.6 is 0 Å². The van der Waals surface area contributed by atoms with Crippen molar-refractivity contribution in [3.8, 4) is 5.75 Å². The second kappa shape index (κ2) is 4.64. The van der Waals surface area contributed by atoms with Gasteiger partial charge in [0, 0.05) is 5.92 Å². The van der Waals surface area contributed by atoms with Crippen molar-refractivity contribution in [3.05, 3.63) is 42.0 Å². The first-order chi connectivity index (χ1) is 7.00. The Hall–Kier alpha value is -1.77. The number of carboxylic acids is 1. The van der Waals surface area contributed by atoms with Crippen molar-refractivity contribution in [2.45, 2.75) is 19.3 Å². The van der Waals surface area contributed by atoms with Crippen LogP contribution in [0.25, 0.3) is 0 Å².